The van der Waals surface area contributed by atoms with Crippen molar-refractivity contribution in [2.24, 2.45) is 0 Å². The summed E-state index contributed by atoms with van der Waals surface area (Å²) in [5.74, 6) is 1.12. The molecule has 19 heavy (non-hydrogen) atoms. The van der Waals surface area contributed by atoms with Crippen molar-refractivity contribution >= 4 is 16.9 Å². The van der Waals surface area contributed by atoms with Crippen molar-refractivity contribution in [1.82, 2.24) is 9.97 Å². The molecule has 0 N–H and O–H groups in total. The monoisotopic (exact) mass is 264 g/mol. The first kappa shape index (κ1) is 14.7. The lowest BCUT2D eigenvalue weighted by Crippen LogP contribution is -1.91. The largest absolute Gasteiger partial charge is 0.493 e. The fourth-order valence-corrected chi connectivity index (χ4v) is 1.31. The van der Waals surface area contributed by atoms with Gasteiger partial charge in [0.25, 0.3) is 0 Å². The molecular formula is C13H16N2O4. The molecule has 6 heteroatoms. The molecule has 0 amide bonds. The van der Waals surface area contributed by atoms with Crippen LogP contribution in [0.3, 0.4) is 0 Å². The van der Waals surface area contributed by atoms with Crippen molar-refractivity contribution in [3.8, 4) is 11.5 Å². The van der Waals surface area contributed by atoms with E-state index in [1.54, 1.807) is 20.4 Å². The van der Waals surface area contributed by atoms with Gasteiger partial charge in [0.15, 0.2) is 11.5 Å². The van der Waals surface area contributed by atoms with Crippen molar-refractivity contribution in [2.45, 2.75) is 6.92 Å². The Hall–Kier alpha value is -2.37. The van der Waals surface area contributed by atoms with Gasteiger partial charge >= 0.3 is 5.97 Å². The summed E-state index contributed by atoms with van der Waals surface area (Å²) in [5, 5.41) is 0.935. The average Bonchev–Trinajstić information content (AvgIpc) is 2.46. The van der Waals surface area contributed by atoms with E-state index in [0.717, 1.165) is 10.9 Å². The molecule has 0 radical (unpaired) electrons. The van der Waals surface area contributed by atoms with E-state index < -0.39 is 0 Å². The number of rotatable bonds is 2. The Bertz CT molecular complexity index is 515. The van der Waals surface area contributed by atoms with Gasteiger partial charge in [-0.15, -0.1) is 0 Å². The van der Waals surface area contributed by atoms with Crippen LogP contribution < -0.4 is 9.47 Å². The Balaban J connectivity index is 0.000000312. The maximum atomic E-state index is 9.59. The van der Waals surface area contributed by atoms with E-state index in [4.69, 9.17) is 9.47 Å². The second-order valence-electron chi connectivity index (χ2n) is 3.48. The maximum absolute atomic E-state index is 9.59. The minimum absolute atomic E-state index is 0.245. The van der Waals surface area contributed by atoms with Gasteiger partial charge in [-0.25, -0.2) is 9.97 Å². The lowest BCUT2D eigenvalue weighted by atomic mass is 10.2. The Morgan fingerprint density at radius 3 is 2.21 bits per heavy atom. The van der Waals surface area contributed by atoms with Crippen molar-refractivity contribution in [3.63, 3.8) is 0 Å². The smallest absolute Gasteiger partial charge is 0.302 e. The van der Waals surface area contributed by atoms with Crippen LogP contribution in [0.25, 0.3) is 10.9 Å². The number of hydrogen-bond donors (Lipinski definition) is 0. The molecule has 1 aromatic carbocycles. The van der Waals surface area contributed by atoms with Crippen LogP contribution in [0.15, 0.2) is 24.7 Å². The molecule has 0 fully saturated rings. The Morgan fingerprint density at radius 2 is 1.68 bits per heavy atom. The summed E-state index contributed by atoms with van der Waals surface area (Å²) < 4.78 is 14.4. The van der Waals surface area contributed by atoms with Crippen molar-refractivity contribution < 1.29 is 19.0 Å². The van der Waals surface area contributed by atoms with Crippen molar-refractivity contribution in [3.05, 3.63) is 24.7 Å². The van der Waals surface area contributed by atoms with Crippen LogP contribution in [0, 0.1) is 0 Å². The summed E-state index contributed by atoms with van der Waals surface area (Å²) in [5.41, 5.74) is 0.845. The molecule has 1 aromatic heterocycles. The highest BCUT2D eigenvalue weighted by Gasteiger charge is 2.05. The highest BCUT2D eigenvalue weighted by atomic mass is 16.5. The second kappa shape index (κ2) is 7.15. The first-order valence-corrected chi connectivity index (χ1v) is 5.48. The normalized spacial score (nSPS) is 9.26. The SMILES string of the molecule is COC(C)=O.COc1cc2cncnc2cc1OC. The quantitative estimate of drug-likeness (QED) is 0.771. The minimum Gasteiger partial charge on any atom is -0.493 e. The predicted octanol–water partition coefficient (Wildman–Crippen LogP) is 1.83. The molecule has 0 aliphatic rings. The zero-order valence-corrected chi connectivity index (χ0v) is 11.3. The summed E-state index contributed by atoms with van der Waals surface area (Å²) in [6.45, 7) is 1.36. The lowest BCUT2D eigenvalue weighted by Gasteiger charge is -2.07. The van der Waals surface area contributed by atoms with Crippen LogP contribution in [0.4, 0.5) is 0 Å². The number of aromatic nitrogens is 2. The Kier molecular flexibility index (Phi) is 5.53. The van der Waals surface area contributed by atoms with Gasteiger partial charge < -0.3 is 14.2 Å². The van der Waals surface area contributed by atoms with E-state index in [-0.39, 0.29) is 5.97 Å². The number of fused-ring (bicyclic) bond motifs is 1. The van der Waals surface area contributed by atoms with E-state index in [1.165, 1.54) is 20.4 Å². The van der Waals surface area contributed by atoms with Crippen molar-refractivity contribution in [2.75, 3.05) is 21.3 Å². The van der Waals surface area contributed by atoms with Gasteiger partial charge in [-0.05, 0) is 6.07 Å². The van der Waals surface area contributed by atoms with Crippen LogP contribution in [0.2, 0.25) is 0 Å². The van der Waals surface area contributed by atoms with E-state index >= 15 is 0 Å². The van der Waals surface area contributed by atoms with Crippen LogP contribution in [0.1, 0.15) is 6.92 Å². The predicted molar refractivity (Wildman–Crippen MR) is 70.3 cm³/mol. The number of benzene rings is 1. The number of nitrogens with zero attached hydrogens (tertiary/aromatic N) is 2. The van der Waals surface area contributed by atoms with Gasteiger partial charge in [0, 0.05) is 24.6 Å². The highest BCUT2D eigenvalue weighted by molar-refractivity contribution is 5.81. The first-order valence-electron chi connectivity index (χ1n) is 5.48. The lowest BCUT2D eigenvalue weighted by molar-refractivity contribution is -0.137. The van der Waals surface area contributed by atoms with Crippen LogP contribution >= 0.6 is 0 Å². The molecule has 1 heterocycles. The van der Waals surface area contributed by atoms with Gasteiger partial charge in [-0.2, -0.15) is 0 Å². The minimum atomic E-state index is -0.245. The van der Waals surface area contributed by atoms with E-state index in [1.807, 2.05) is 12.1 Å². The number of carbonyl (C=O) groups excluding carboxylic acids is 1. The highest BCUT2D eigenvalue weighted by Crippen LogP contribution is 2.30. The fourth-order valence-electron chi connectivity index (χ4n) is 1.31. The van der Waals surface area contributed by atoms with Crippen LogP contribution in [-0.4, -0.2) is 37.3 Å². The Morgan fingerprint density at radius 1 is 1.11 bits per heavy atom. The van der Waals surface area contributed by atoms with Gasteiger partial charge in [0.2, 0.25) is 0 Å². The third-order valence-corrected chi connectivity index (χ3v) is 2.30. The standard InChI is InChI=1S/C10H10N2O2.C3H6O2/c1-13-9-3-7-5-11-6-12-8(7)4-10(9)14-2;1-3(4)5-2/h3-6H,1-2H3;1-2H3. The summed E-state index contributed by atoms with van der Waals surface area (Å²) in [4.78, 5) is 17.6. The Labute approximate surface area is 111 Å². The number of esters is 1. The molecule has 2 rings (SSSR count). The molecule has 6 nitrogen and oxygen atoms in total. The zero-order chi connectivity index (χ0) is 14.3. The molecule has 0 spiro atoms. The van der Waals surface area contributed by atoms with Gasteiger partial charge in [-0.3, -0.25) is 4.79 Å². The number of carbonyl (C=O) groups is 1. The molecular weight excluding hydrogens is 248 g/mol. The number of hydrogen-bond acceptors (Lipinski definition) is 6. The second-order valence-corrected chi connectivity index (χ2v) is 3.48. The van der Waals surface area contributed by atoms with Gasteiger partial charge in [-0.1, -0.05) is 0 Å². The van der Waals surface area contributed by atoms with E-state index in [0.29, 0.717) is 11.5 Å². The first-order chi connectivity index (χ1) is 9.12. The molecule has 0 bridgehead atoms. The summed E-state index contributed by atoms with van der Waals surface area (Å²) in [6.07, 6.45) is 3.25. The van der Waals surface area contributed by atoms with E-state index in [2.05, 4.69) is 14.7 Å². The molecule has 102 valence electrons. The van der Waals surface area contributed by atoms with Crippen LogP contribution in [-0.2, 0) is 9.53 Å². The molecule has 2 aromatic rings. The van der Waals surface area contributed by atoms with Gasteiger partial charge in [0.1, 0.15) is 6.33 Å². The molecule has 0 atom stereocenters. The number of methoxy groups -OCH3 is 3. The van der Waals surface area contributed by atoms with E-state index in [9.17, 15) is 4.79 Å². The maximum Gasteiger partial charge on any atom is 0.302 e. The summed E-state index contributed by atoms with van der Waals surface area (Å²) in [6, 6.07) is 3.68. The third-order valence-electron chi connectivity index (χ3n) is 2.30. The van der Waals surface area contributed by atoms with Crippen molar-refractivity contribution in [1.29, 1.82) is 0 Å². The molecule has 0 unspecified atom stereocenters. The average molecular weight is 264 g/mol. The molecule has 0 aliphatic heterocycles. The topological polar surface area (TPSA) is 70.5 Å². The van der Waals surface area contributed by atoms with Crippen LogP contribution in [0.5, 0.6) is 11.5 Å². The van der Waals surface area contributed by atoms with Gasteiger partial charge in [0.05, 0.1) is 26.8 Å². The molecule has 0 saturated heterocycles. The zero-order valence-electron chi connectivity index (χ0n) is 11.3. The number of ether oxygens (including phenoxy) is 3. The molecule has 0 aliphatic carbocycles. The third kappa shape index (κ3) is 4.09. The summed E-state index contributed by atoms with van der Waals surface area (Å²) in [7, 11) is 4.56. The molecule has 0 saturated carbocycles. The summed E-state index contributed by atoms with van der Waals surface area (Å²) >= 11 is 0. The fraction of sp³-hybridized carbons (Fsp3) is 0.308.